The van der Waals surface area contributed by atoms with Crippen LogP contribution in [0.25, 0.3) is 0 Å². The Hall–Kier alpha value is -1.67. The van der Waals surface area contributed by atoms with Gasteiger partial charge in [-0.2, -0.15) is 0 Å². The second kappa shape index (κ2) is 16.6. The quantitative estimate of drug-likeness (QED) is 0.160. The molecule has 3 fully saturated rings. The number of aliphatic hydroxyl groups excluding tert-OH is 2. The first kappa shape index (κ1) is 41.1. The van der Waals surface area contributed by atoms with Gasteiger partial charge in [-0.05, 0) is 92.4 Å². The van der Waals surface area contributed by atoms with E-state index in [0.717, 1.165) is 0 Å². The predicted molar refractivity (Wildman–Crippen MR) is 191 cm³/mol. The van der Waals surface area contributed by atoms with Gasteiger partial charge in [-0.25, -0.2) is 0 Å². The number of carbonyl (C=O) groups is 1. The Labute approximate surface area is 300 Å². The highest BCUT2D eigenvalue weighted by Crippen LogP contribution is 2.54. The molecule has 3 aliphatic heterocycles. The molecular formula is C39H66N2O9. The summed E-state index contributed by atoms with van der Waals surface area (Å²) < 4.78 is 31.9. The van der Waals surface area contributed by atoms with E-state index in [1.54, 1.807) is 21.0 Å². The highest BCUT2D eigenvalue weighted by molar-refractivity contribution is 5.73. The molecule has 11 heteroatoms. The van der Waals surface area contributed by atoms with Gasteiger partial charge in [0.05, 0.1) is 41.5 Å². The molecule has 1 aromatic carbocycles. The Morgan fingerprint density at radius 1 is 1.04 bits per heavy atom. The molecule has 0 aliphatic carbocycles. The van der Waals surface area contributed by atoms with Crippen LogP contribution in [0.3, 0.4) is 0 Å². The zero-order chi connectivity index (χ0) is 37.2. The molecule has 0 radical (unpaired) electrons. The monoisotopic (exact) mass is 706 g/mol. The molecule has 1 aromatic rings. The Morgan fingerprint density at radius 3 is 2.30 bits per heavy atom. The lowest BCUT2D eigenvalue weighted by Gasteiger charge is -2.48. The molecule has 0 aromatic heterocycles. The number of nitrogens with zero attached hydrogens (tertiary/aromatic N) is 1. The van der Waals surface area contributed by atoms with Crippen LogP contribution in [0.1, 0.15) is 86.6 Å². The Kier molecular flexibility index (Phi) is 13.6. The Bertz CT molecular complexity index is 1240. The third kappa shape index (κ3) is 8.75. The average Bonchev–Trinajstić information content (AvgIpc) is 3.77. The lowest BCUT2D eigenvalue weighted by Crippen LogP contribution is -2.60. The summed E-state index contributed by atoms with van der Waals surface area (Å²) in [6, 6.07) is 9.97. The van der Waals surface area contributed by atoms with Crippen LogP contribution in [0.5, 0.6) is 0 Å². The standard InChI is InChI=1S/C39H66N2O9/c1-12-30-38(7,45)29(18-19-40-22-27-16-14-13-15-17-27)39(8)33(50-39)23(2)21-37(6,46-11)34(25(4)31(42)26(5)35(44)48-30)49-36-32(43)28(41(9)10)20-24(3)47-36/h13-17,23-26,28-34,36,40,42-43,45H,12,18-22H2,1-11H3/t23-,24-,25+,26-,28+,29+,30-,31+,32-,33?,34-,36+,37-,38+,39?/m1/s1. The molecule has 0 amide bonds. The summed E-state index contributed by atoms with van der Waals surface area (Å²) in [4.78, 5) is 15.8. The van der Waals surface area contributed by atoms with Crippen molar-refractivity contribution >= 4 is 5.97 Å². The fraction of sp³-hybridized carbons (Fsp3) is 0.821. The van der Waals surface area contributed by atoms with Crippen LogP contribution in [0, 0.1) is 23.7 Å². The zero-order valence-electron chi connectivity index (χ0n) is 32.3. The van der Waals surface area contributed by atoms with Crippen LogP contribution in [-0.2, 0) is 35.0 Å². The van der Waals surface area contributed by atoms with Crippen LogP contribution < -0.4 is 5.32 Å². The molecule has 50 heavy (non-hydrogen) atoms. The summed E-state index contributed by atoms with van der Waals surface area (Å²) >= 11 is 0. The van der Waals surface area contributed by atoms with Crippen molar-refractivity contribution in [2.24, 2.45) is 23.7 Å². The van der Waals surface area contributed by atoms with E-state index < -0.39 is 65.3 Å². The van der Waals surface area contributed by atoms with Crippen molar-refractivity contribution < 1.29 is 43.8 Å². The van der Waals surface area contributed by atoms with E-state index in [0.29, 0.717) is 38.8 Å². The van der Waals surface area contributed by atoms with Crippen molar-refractivity contribution in [3.63, 3.8) is 0 Å². The molecule has 0 bridgehead atoms. The fourth-order valence-electron chi connectivity index (χ4n) is 8.98. The van der Waals surface area contributed by atoms with Crippen molar-refractivity contribution in [1.29, 1.82) is 0 Å². The molecule has 3 aliphatic rings. The summed E-state index contributed by atoms with van der Waals surface area (Å²) in [6.07, 6.45) is -3.04. The Morgan fingerprint density at radius 2 is 1.70 bits per heavy atom. The second-order valence-corrected chi connectivity index (χ2v) is 16.3. The molecule has 0 spiro atoms. The highest BCUT2D eigenvalue weighted by atomic mass is 16.7. The van der Waals surface area contributed by atoms with Crippen molar-refractivity contribution in [2.45, 2.75) is 153 Å². The summed E-state index contributed by atoms with van der Waals surface area (Å²) in [5.74, 6) is -2.63. The van der Waals surface area contributed by atoms with Crippen molar-refractivity contribution in [2.75, 3.05) is 27.7 Å². The van der Waals surface area contributed by atoms with Crippen LogP contribution in [0.4, 0.5) is 0 Å². The first-order valence-electron chi connectivity index (χ1n) is 18.6. The topological polar surface area (TPSA) is 142 Å². The van der Waals surface area contributed by atoms with Crippen molar-refractivity contribution in [3.05, 3.63) is 35.9 Å². The molecule has 286 valence electrons. The van der Waals surface area contributed by atoms with Crippen LogP contribution in [-0.4, -0.2) is 120 Å². The van der Waals surface area contributed by atoms with E-state index in [1.165, 1.54) is 5.56 Å². The number of cyclic esters (lactones) is 1. The number of nitrogens with one attached hydrogen (secondary N) is 1. The molecule has 0 saturated carbocycles. The maximum absolute atomic E-state index is 13.8. The number of epoxide rings is 1. The minimum Gasteiger partial charge on any atom is -0.459 e. The van der Waals surface area contributed by atoms with Gasteiger partial charge in [-0.1, -0.05) is 51.1 Å². The lowest BCUT2D eigenvalue weighted by atomic mass is 9.69. The number of rotatable bonds is 10. The summed E-state index contributed by atoms with van der Waals surface area (Å²) in [5, 5.41) is 39.1. The average molecular weight is 707 g/mol. The maximum Gasteiger partial charge on any atom is 0.311 e. The van der Waals surface area contributed by atoms with Crippen LogP contribution >= 0.6 is 0 Å². The van der Waals surface area contributed by atoms with Crippen molar-refractivity contribution in [1.82, 2.24) is 10.2 Å². The van der Waals surface area contributed by atoms with E-state index in [-0.39, 0.29) is 30.1 Å². The molecule has 3 heterocycles. The number of carbonyl (C=O) groups excluding carboxylic acids is 1. The van der Waals surface area contributed by atoms with Crippen LogP contribution in [0.2, 0.25) is 0 Å². The molecule has 2 unspecified atom stereocenters. The largest absolute Gasteiger partial charge is 0.459 e. The molecule has 11 nitrogen and oxygen atoms in total. The minimum absolute atomic E-state index is 0.0513. The number of aliphatic hydroxyl groups is 3. The van der Waals surface area contributed by atoms with Gasteiger partial charge in [0.2, 0.25) is 0 Å². The number of likely N-dealkylation sites (N-methyl/N-ethyl adjacent to an activating group) is 1. The van der Waals surface area contributed by atoms with Gasteiger partial charge in [-0.15, -0.1) is 0 Å². The number of benzene rings is 1. The van der Waals surface area contributed by atoms with E-state index in [1.807, 2.05) is 71.8 Å². The number of fused-ring (bicyclic) bond motifs is 1. The maximum atomic E-state index is 13.8. The number of hydrogen-bond acceptors (Lipinski definition) is 11. The van der Waals surface area contributed by atoms with Gasteiger partial charge >= 0.3 is 5.97 Å². The highest BCUT2D eigenvalue weighted by Gasteiger charge is 2.65. The molecular weight excluding hydrogens is 640 g/mol. The van der Waals surface area contributed by atoms with E-state index >= 15 is 0 Å². The van der Waals surface area contributed by atoms with Gasteiger partial charge in [0.15, 0.2) is 6.29 Å². The smallest absolute Gasteiger partial charge is 0.311 e. The fourth-order valence-corrected chi connectivity index (χ4v) is 8.98. The molecule has 3 saturated heterocycles. The van der Waals surface area contributed by atoms with Gasteiger partial charge in [-0.3, -0.25) is 4.79 Å². The minimum atomic E-state index is -1.42. The normalized spacial score (nSPS) is 44.7. The molecule has 4 N–H and O–H groups in total. The summed E-state index contributed by atoms with van der Waals surface area (Å²) in [6.45, 7) is 16.5. The van der Waals surface area contributed by atoms with Gasteiger partial charge in [0.25, 0.3) is 0 Å². The molecule has 15 atom stereocenters. The summed E-state index contributed by atoms with van der Waals surface area (Å²) in [5.41, 5.74) is -1.95. The van der Waals surface area contributed by atoms with E-state index in [2.05, 4.69) is 24.4 Å². The van der Waals surface area contributed by atoms with E-state index in [9.17, 15) is 20.1 Å². The third-order valence-corrected chi connectivity index (χ3v) is 12.1. The van der Waals surface area contributed by atoms with Gasteiger partial charge < -0.3 is 49.2 Å². The lowest BCUT2D eigenvalue weighted by molar-refractivity contribution is -0.301. The van der Waals surface area contributed by atoms with Gasteiger partial charge in [0, 0.05) is 31.5 Å². The number of ether oxygens (including phenoxy) is 5. The van der Waals surface area contributed by atoms with Crippen molar-refractivity contribution in [3.8, 4) is 0 Å². The molecule has 4 rings (SSSR count). The third-order valence-electron chi connectivity index (χ3n) is 12.1. The number of hydrogen-bond donors (Lipinski definition) is 4. The van der Waals surface area contributed by atoms with Gasteiger partial charge in [0.1, 0.15) is 17.8 Å². The first-order chi connectivity index (χ1) is 23.4. The Balaban J connectivity index is 1.68. The second-order valence-electron chi connectivity index (χ2n) is 16.3. The van der Waals surface area contributed by atoms with E-state index in [4.69, 9.17) is 23.7 Å². The number of esters is 1. The summed E-state index contributed by atoms with van der Waals surface area (Å²) in [7, 11) is 5.47. The van der Waals surface area contributed by atoms with Crippen LogP contribution in [0.15, 0.2) is 30.3 Å². The first-order valence-corrected chi connectivity index (χ1v) is 18.6. The predicted octanol–water partition coefficient (Wildman–Crippen LogP) is 3.90. The zero-order valence-corrected chi connectivity index (χ0v) is 32.3. The number of methoxy groups -OCH3 is 1. The SMILES string of the molecule is CC[C@H]1OC(=O)[C@H](C)[C@@H](O)[C@H](C)[C@@H](O[C@@H]2O[C@H](C)C[C@H](N(C)C)[C@H]2O)[C@](C)(OC)C[C@@H](C)C2OC2(C)[C@@H](CCNCc2ccccc2)[C@]1(C)O.